The summed E-state index contributed by atoms with van der Waals surface area (Å²) in [5, 5.41) is 0. The number of hydrogen-bond acceptors (Lipinski definition) is 3. The average Bonchev–Trinajstić information content (AvgIpc) is 2.64. The summed E-state index contributed by atoms with van der Waals surface area (Å²) in [5.41, 5.74) is 3.48. The molecule has 0 N–H and O–H groups in total. The quantitative estimate of drug-likeness (QED) is 0.687. The van der Waals surface area contributed by atoms with Crippen LogP contribution in [-0.2, 0) is 18.2 Å². The van der Waals surface area contributed by atoms with E-state index in [1.165, 1.54) is 7.11 Å². The van der Waals surface area contributed by atoms with Crippen LogP contribution in [0.4, 0.5) is 0 Å². The summed E-state index contributed by atoms with van der Waals surface area (Å²) in [6.07, 6.45) is 4.20. The molecule has 0 atom stereocenters. The highest BCUT2D eigenvalue weighted by molar-refractivity contribution is 5.90. The fraction of sp³-hybridized carbons (Fsp3) is 0.143. The molecule has 0 aliphatic carbocycles. The molecule has 0 unspecified atom stereocenters. The van der Waals surface area contributed by atoms with E-state index in [0.717, 1.165) is 11.1 Å². The van der Waals surface area contributed by atoms with Gasteiger partial charge in [-0.1, -0.05) is 42.5 Å². The molecular formula is C21H19NO3. The number of pyridine rings is 1. The zero-order valence-corrected chi connectivity index (χ0v) is 14.2. The van der Waals surface area contributed by atoms with E-state index in [9.17, 15) is 9.59 Å². The number of rotatable bonds is 4. The lowest BCUT2D eigenvalue weighted by Gasteiger charge is -2.10. The first kappa shape index (κ1) is 16.7. The van der Waals surface area contributed by atoms with Crippen LogP contribution in [0.25, 0.3) is 11.1 Å². The largest absolute Gasteiger partial charge is 0.465 e. The van der Waals surface area contributed by atoms with Crippen LogP contribution in [0.2, 0.25) is 0 Å². The van der Waals surface area contributed by atoms with Crippen molar-refractivity contribution in [3.63, 3.8) is 0 Å². The molecule has 0 amide bonds. The fourth-order valence-electron chi connectivity index (χ4n) is 2.86. The van der Waals surface area contributed by atoms with Crippen LogP contribution in [-0.4, -0.2) is 17.6 Å². The molecule has 1 aromatic heterocycles. The summed E-state index contributed by atoms with van der Waals surface area (Å²) in [5.74, 6) is -0.417. The molecule has 1 heterocycles. The van der Waals surface area contributed by atoms with E-state index in [0.29, 0.717) is 23.1 Å². The number of methoxy groups -OCH3 is 1. The van der Waals surface area contributed by atoms with E-state index in [1.54, 1.807) is 24.4 Å². The SMILES string of the molecule is COC(=O)c1cccc(-c2cn(C)cc(Cc3ccccc3)c2=O)c1. The Morgan fingerprint density at radius 1 is 1.04 bits per heavy atom. The van der Waals surface area contributed by atoms with Crippen molar-refractivity contribution >= 4 is 5.97 Å². The van der Waals surface area contributed by atoms with Gasteiger partial charge in [0.1, 0.15) is 0 Å². The van der Waals surface area contributed by atoms with E-state index in [1.807, 2.05) is 54.2 Å². The number of hydrogen-bond donors (Lipinski definition) is 0. The van der Waals surface area contributed by atoms with Gasteiger partial charge in [-0.3, -0.25) is 4.79 Å². The van der Waals surface area contributed by atoms with Gasteiger partial charge in [-0.25, -0.2) is 4.79 Å². The zero-order valence-electron chi connectivity index (χ0n) is 14.2. The molecule has 3 rings (SSSR count). The number of carbonyl (C=O) groups is 1. The van der Waals surface area contributed by atoms with Gasteiger partial charge in [-0.15, -0.1) is 0 Å². The second-order valence-electron chi connectivity index (χ2n) is 5.93. The topological polar surface area (TPSA) is 48.3 Å². The predicted octanol–water partition coefficient (Wildman–Crippen LogP) is 3.43. The molecule has 25 heavy (non-hydrogen) atoms. The van der Waals surface area contributed by atoms with Crippen molar-refractivity contribution in [3.05, 3.63) is 93.9 Å². The van der Waals surface area contributed by atoms with Crippen LogP contribution >= 0.6 is 0 Å². The number of carbonyl (C=O) groups excluding carboxylic acids is 1. The van der Waals surface area contributed by atoms with Crippen molar-refractivity contribution in [1.29, 1.82) is 0 Å². The minimum atomic E-state index is -0.417. The van der Waals surface area contributed by atoms with Crippen molar-refractivity contribution in [2.24, 2.45) is 7.05 Å². The molecule has 2 aromatic carbocycles. The van der Waals surface area contributed by atoms with Crippen LogP contribution in [0.1, 0.15) is 21.5 Å². The minimum Gasteiger partial charge on any atom is -0.465 e. The predicted molar refractivity (Wildman–Crippen MR) is 97.7 cm³/mol. The lowest BCUT2D eigenvalue weighted by molar-refractivity contribution is 0.0601. The maximum absolute atomic E-state index is 12.9. The fourth-order valence-corrected chi connectivity index (χ4v) is 2.86. The minimum absolute atomic E-state index is 0.0241. The summed E-state index contributed by atoms with van der Waals surface area (Å²) < 4.78 is 6.64. The summed E-state index contributed by atoms with van der Waals surface area (Å²) >= 11 is 0. The molecule has 0 spiro atoms. The molecule has 0 radical (unpaired) electrons. The van der Waals surface area contributed by atoms with Crippen molar-refractivity contribution in [2.45, 2.75) is 6.42 Å². The second-order valence-corrected chi connectivity index (χ2v) is 5.93. The lowest BCUT2D eigenvalue weighted by Crippen LogP contribution is -2.15. The maximum atomic E-state index is 12.9. The van der Waals surface area contributed by atoms with Crippen LogP contribution in [0.15, 0.2) is 71.8 Å². The van der Waals surface area contributed by atoms with Crippen LogP contribution in [0, 0.1) is 0 Å². The molecule has 3 aromatic rings. The molecule has 4 heteroatoms. The first-order chi connectivity index (χ1) is 12.1. The van der Waals surface area contributed by atoms with Crippen LogP contribution < -0.4 is 5.43 Å². The summed E-state index contributed by atoms with van der Waals surface area (Å²) in [6, 6.07) is 16.8. The number of aryl methyl sites for hydroxylation is 1. The lowest BCUT2D eigenvalue weighted by atomic mass is 9.99. The molecule has 0 aliphatic heterocycles. The van der Waals surface area contributed by atoms with Gasteiger partial charge in [-0.05, 0) is 23.3 Å². The Morgan fingerprint density at radius 2 is 1.80 bits per heavy atom. The van der Waals surface area contributed by atoms with Crippen molar-refractivity contribution in [3.8, 4) is 11.1 Å². The average molecular weight is 333 g/mol. The first-order valence-corrected chi connectivity index (χ1v) is 8.00. The molecule has 0 saturated heterocycles. The Morgan fingerprint density at radius 3 is 2.52 bits per heavy atom. The maximum Gasteiger partial charge on any atom is 0.337 e. The highest BCUT2D eigenvalue weighted by Crippen LogP contribution is 2.19. The van der Waals surface area contributed by atoms with Crippen molar-refractivity contribution < 1.29 is 9.53 Å². The number of nitrogens with zero attached hydrogens (tertiary/aromatic N) is 1. The molecule has 0 fully saturated rings. The molecule has 0 saturated carbocycles. The molecule has 0 aliphatic rings. The van der Waals surface area contributed by atoms with Gasteiger partial charge in [-0.2, -0.15) is 0 Å². The Kier molecular flexibility index (Phi) is 4.80. The highest BCUT2D eigenvalue weighted by atomic mass is 16.5. The van der Waals surface area contributed by atoms with Gasteiger partial charge >= 0.3 is 5.97 Å². The molecule has 0 bridgehead atoms. The highest BCUT2D eigenvalue weighted by Gasteiger charge is 2.12. The van der Waals surface area contributed by atoms with E-state index >= 15 is 0 Å². The van der Waals surface area contributed by atoms with Crippen molar-refractivity contribution in [2.75, 3.05) is 7.11 Å². The van der Waals surface area contributed by atoms with Gasteiger partial charge in [0, 0.05) is 37.0 Å². The van der Waals surface area contributed by atoms with E-state index in [4.69, 9.17) is 4.74 Å². The molecular weight excluding hydrogens is 314 g/mol. The standard InChI is InChI=1S/C21H19NO3/c1-22-13-18(11-15-7-4-3-5-8-15)20(23)19(14-22)16-9-6-10-17(12-16)21(24)25-2/h3-10,12-14H,11H2,1-2H3. The third-order valence-corrected chi connectivity index (χ3v) is 4.06. The number of esters is 1. The number of aromatic nitrogens is 1. The summed E-state index contributed by atoms with van der Waals surface area (Å²) in [4.78, 5) is 24.7. The van der Waals surface area contributed by atoms with Gasteiger partial charge in [0.05, 0.1) is 12.7 Å². The third-order valence-electron chi connectivity index (χ3n) is 4.06. The van der Waals surface area contributed by atoms with E-state index in [2.05, 4.69) is 0 Å². The van der Waals surface area contributed by atoms with E-state index < -0.39 is 5.97 Å². The monoisotopic (exact) mass is 333 g/mol. The molecule has 126 valence electrons. The van der Waals surface area contributed by atoms with Crippen molar-refractivity contribution in [1.82, 2.24) is 4.57 Å². The zero-order chi connectivity index (χ0) is 17.8. The third kappa shape index (κ3) is 3.69. The summed E-state index contributed by atoms with van der Waals surface area (Å²) in [7, 11) is 3.23. The second kappa shape index (κ2) is 7.18. The molecule has 4 nitrogen and oxygen atoms in total. The Labute approximate surface area is 146 Å². The smallest absolute Gasteiger partial charge is 0.337 e. The number of benzene rings is 2. The first-order valence-electron chi connectivity index (χ1n) is 8.00. The number of ether oxygens (including phenoxy) is 1. The van der Waals surface area contributed by atoms with Gasteiger partial charge in [0.15, 0.2) is 5.43 Å². The summed E-state index contributed by atoms with van der Waals surface area (Å²) in [6.45, 7) is 0. The Bertz CT molecular complexity index is 958. The normalized spacial score (nSPS) is 10.5. The van der Waals surface area contributed by atoms with Gasteiger partial charge in [0.2, 0.25) is 0 Å². The Hall–Kier alpha value is -3.14. The van der Waals surface area contributed by atoms with Gasteiger partial charge in [0.25, 0.3) is 0 Å². The van der Waals surface area contributed by atoms with Gasteiger partial charge < -0.3 is 9.30 Å². The Balaban J connectivity index is 2.06. The van der Waals surface area contributed by atoms with Crippen LogP contribution in [0.3, 0.4) is 0 Å². The van der Waals surface area contributed by atoms with E-state index in [-0.39, 0.29) is 5.43 Å². The van der Waals surface area contributed by atoms with Crippen LogP contribution in [0.5, 0.6) is 0 Å².